The number of nitriles is 1. The van der Waals surface area contributed by atoms with Crippen molar-refractivity contribution < 1.29 is 23.5 Å². The van der Waals surface area contributed by atoms with Crippen molar-refractivity contribution in [3.05, 3.63) is 30.1 Å². The van der Waals surface area contributed by atoms with Gasteiger partial charge in [0, 0.05) is 49.8 Å². The molecular formula is C25H34F2N6O3. The van der Waals surface area contributed by atoms with Gasteiger partial charge in [0.05, 0.1) is 12.1 Å². The second-order valence-electron chi connectivity index (χ2n) is 10.8. The monoisotopic (exact) mass is 504 g/mol. The molecule has 36 heavy (non-hydrogen) atoms. The zero-order valence-corrected chi connectivity index (χ0v) is 20.3. The van der Waals surface area contributed by atoms with Crippen LogP contribution in [0.5, 0.6) is 0 Å². The maximum atomic E-state index is 13.9. The van der Waals surface area contributed by atoms with Crippen molar-refractivity contribution in [2.24, 2.45) is 11.1 Å². The summed E-state index contributed by atoms with van der Waals surface area (Å²) in [5.74, 6) is -3.80. The lowest BCUT2D eigenvalue weighted by Crippen LogP contribution is -2.61. The van der Waals surface area contributed by atoms with E-state index in [2.05, 4.69) is 15.2 Å². The summed E-state index contributed by atoms with van der Waals surface area (Å²) in [4.78, 5) is 30.4. The molecule has 11 heteroatoms. The van der Waals surface area contributed by atoms with Gasteiger partial charge >= 0.3 is 6.09 Å². The standard InChI is InChI=1S/C14H16F2N4O.C11H18N2O2/c15-14(16,7-10-1-5-19-6-2-10)8-11(18)12(21)20-13(9-17)3-4-13;14-10(15)13-7-11(8-13)3-5-12(6-4-11)9-1-2-9/h1-2,5-6,11H,3-4,7-8,18H2,(H,20,21);9H,1-8H2,(H,14,15)/t11-;/m0./s1. The van der Waals surface area contributed by atoms with Gasteiger partial charge in [-0.15, -0.1) is 0 Å². The molecule has 1 aromatic heterocycles. The molecule has 196 valence electrons. The third-order valence-electron chi connectivity index (χ3n) is 7.64. The molecule has 2 aliphatic heterocycles. The molecule has 4 N–H and O–H groups in total. The van der Waals surface area contributed by atoms with E-state index < -0.39 is 42.3 Å². The number of aromatic nitrogens is 1. The van der Waals surface area contributed by atoms with Gasteiger partial charge in [-0.25, -0.2) is 13.6 Å². The normalized spacial score (nSPS) is 22.9. The molecule has 5 rings (SSSR count). The fourth-order valence-corrected chi connectivity index (χ4v) is 5.02. The number of nitrogens with zero attached hydrogens (tertiary/aromatic N) is 4. The third-order valence-corrected chi connectivity index (χ3v) is 7.64. The van der Waals surface area contributed by atoms with Crippen LogP contribution >= 0.6 is 0 Å². The van der Waals surface area contributed by atoms with Crippen LogP contribution in [0.15, 0.2) is 24.5 Å². The number of hydrogen-bond acceptors (Lipinski definition) is 6. The van der Waals surface area contributed by atoms with E-state index in [9.17, 15) is 18.4 Å². The van der Waals surface area contributed by atoms with Crippen LogP contribution in [0.2, 0.25) is 0 Å². The summed E-state index contributed by atoms with van der Waals surface area (Å²) >= 11 is 0. The topological polar surface area (TPSA) is 136 Å². The summed E-state index contributed by atoms with van der Waals surface area (Å²) in [6.45, 7) is 3.94. The average Bonchev–Trinajstić information content (AvgIpc) is 3.74. The van der Waals surface area contributed by atoms with Gasteiger partial charge in [0.2, 0.25) is 5.91 Å². The number of piperidine rings is 1. The molecule has 2 amide bonds. The Labute approximate surface area is 209 Å². The van der Waals surface area contributed by atoms with E-state index in [0.717, 1.165) is 19.1 Å². The van der Waals surface area contributed by atoms with Crippen molar-refractivity contribution >= 4 is 12.0 Å². The molecule has 1 spiro atoms. The quantitative estimate of drug-likeness (QED) is 0.519. The molecule has 2 aliphatic carbocycles. The highest BCUT2D eigenvalue weighted by Crippen LogP contribution is 2.42. The Morgan fingerprint density at radius 1 is 1.22 bits per heavy atom. The van der Waals surface area contributed by atoms with Crippen LogP contribution in [-0.2, 0) is 11.2 Å². The Balaban J connectivity index is 0.000000178. The first-order chi connectivity index (χ1) is 17.0. The second-order valence-corrected chi connectivity index (χ2v) is 10.8. The Bertz CT molecular complexity index is 977. The van der Waals surface area contributed by atoms with E-state index >= 15 is 0 Å². The molecule has 0 aromatic carbocycles. The van der Waals surface area contributed by atoms with Crippen LogP contribution in [0.1, 0.15) is 50.5 Å². The van der Waals surface area contributed by atoms with E-state index in [1.165, 1.54) is 63.3 Å². The molecule has 2 saturated carbocycles. The van der Waals surface area contributed by atoms with Crippen molar-refractivity contribution in [2.75, 3.05) is 26.2 Å². The molecule has 1 aromatic rings. The summed E-state index contributed by atoms with van der Waals surface area (Å²) in [5.41, 5.74) is 5.42. The van der Waals surface area contributed by atoms with Crippen molar-refractivity contribution in [3.63, 3.8) is 0 Å². The van der Waals surface area contributed by atoms with E-state index in [0.29, 0.717) is 23.8 Å². The number of carboxylic acid groups (broad SMARTS) is 1. The Kier molecular flexibility index (Phi) is 7.48. The summed E-state index contributed by atoms with van der Waals surface area (Å²) in [5, 5.41) is 20.1. The minimum absolute atomic E-state index is 0.351. The molecule has 0 unspecified atom stereocenters. The third kappa shape index (κ3) is 6.68. The van der Waals surface area contributed by atoms with E-state index in [1.807, 2.05) is 6.07 Å². The Morgan fingerprint density at radius 3 is 2.33 bits per heavy atom. The Morgan fingerprint density at radius 2 is 1.83 bits per heavy atom. The minimum atomic E-state index is -3.10. The summed E-state index contributed by atoms with van der Waals surface area (Å²) in [6, 6.07) is 4.48. The average molecular weight is 505 g/mol. The number of carbonyl (C=O) groups excluding carboxylic acids is 1. The van der Waals surface area contributed by atoms with E-state index in [-0.39, 0.29) is 0 Å². The molecule has 3 heterocycles. The van der Waals surface area contributed by atoms with Crippen LogP contribution in [-0.4, -0.2) is 81.6 Å². The highest BCUT2D eigenvalue weighted by Gasteiger charge is 2.48. The molecule has 9 nitrogen and oxygen atoms in total. The van der Waals surface area contributed by atoms with Crippen LogP contribution in [0.4, 0.5) is 13.6 Å². The number of alkyl halides is 2. The minimum Gasteiger partial charge on any atom is -0.465 e. The number of pyridine rings is 1. The van der Waals surface area contributed by atoms with Gasteiger partial charge in [0.15, 0.2) is 0 Å². The maximum absolute atomic E-state index is 13.9. The molecule has 0 bridgehead atoms. The number of nitrogens with two attached hydrogens (primary N) is 1. The summed E-state index contributed by atoms with van der Waals surface area (Å²) in [7, 11) is 0. The first-order valence-electron chi connectivity index (χ1n) is 12.5. The van der Waals surface area contributed by atoms with Crippen molar-refractivity contribution in [3.8, 4) is 6.07 Å². The van der Waals surface area contributed by atoms with Gasteiger partial charge in [-0.1, -0.05) is 0 Å². The van der Waals surface area contributed by atoms with Gasteiger partial charge < -0.3 is 26.0 Å². The number of amides is 2. The molecular weight excluding hydrogens is 470 g/mol. The van der Waals surface area contributed by atoms with Gasteiger partial charge in [-0.05, 0) is 69.3 Å². The number of rotatable bonds is 7. The molecule has 4 fully saturated rings. The summed E-state index contributed by atoms with van der Waals surface area (Å²) < 4.78 is 27.8. The maximum Gasteiger partial charge on any atom is 0.407 e. The molecule has 0 radical (unpaired) electrons. The van der Waals surface area contributed by atoms with E-state index in [4.69, 9.17) is 16.1 Å². The molecule has 4 aliphatic rings. The smallest absolute Gasteiger partial charge is 0.407 e. The highest BCUT2D eigenvalue weighted by atomic mass is 19.3. The van der Waals surface area contributed by atoms with Crippen molar-refractivity contribution in [2.45, 2.75) is 74.9 Å². The van der Waals surface area contributed by atoms with Crippen molar-refractivity contribution in [1.82, 2.24) is 20.1 Å². The lowest BCUT2D eigenvalue weighted by atomic mass is 9.72. The zero-order chi connectivity index (χ0) is 26.0. The van der Waals surface area contributed by atoms with Gasteiger partial charge in [0.25, 0.3) is 5.92 Å². The zero-order valence-electron chi connectivity index (χ0n) is 20.3. The molecule has 1 atom stereocenters. The van der Waals surface area contributed by atoms with Crippen LogP contribution in [0.3, 0.4) is 0 Å². The number of carbonyl (C=O) groups is 2. The van der Waals surface area contributed by atoms with Gasteiger partial charge in [-0.2, -0.15) is 5.26 Å². The van der Waals surface area contributed by atoms with Crippen LogP contribution in [0.25, 0.3) is 0 Å². The molecule has 2 saturated heterocycles. The lowest BCUT2D eigenvalue weighted by molar-refractivity contribution is -0.125. The predicted octanol–water partition coefficient (Wildman–Crippen LogP) is 2.37. The SMILES string of the molecule is N#CC1(NC(=O)[C@@H](N)CC(F)(F)Cc2ccncc2)CC1.O=C(O)N1CC2(CCN(C3CC3)CC2)C1. The van der Waals surface area contributed by atoms with Gasteiger partial charge in [-0.3, -0.25) is 9.78 Å². The largest absolute Gasteiger partial charge is 0.465 e. The number of hydrogen-bond donors (Lipinski definition) is 3. The lowest BCUT2D eigenvalue weighted by Gasteiger charge is -2.53. The van der Waals surface area contributed by atoms with Crippen LogP contribution < -0.4 is 11.1 Å². The first-order valence-corrected chi connectivity index (χ1v) is 12.5. The number of likely N-dealkylation sites (tertiary alicyclic amines) is 2. The number of nitrogens with one attached hydrogen (secondary N) is 1. The van der Waals surface area contributed by atoms with E-state index in [1.54, 1.807) is 4.90 Å². The predicted molar refractivity (Wildman–Crippen MR) is 127 cm³/mol. The summed E-state index contributed by atoms with van der Waals surface area (Å²) in [6.07, 6.45) is 7.10. The second kappa shape index (κ2) is 10.3. The highest BCUT2D eigenvalue weighted by molar-refractivity contribution is 5.83. The van der Waals surface area contributed by atoms with Crippen LogP contribution in [0, 0.1) is 16.7 Å². The first kappa shape index (κ1) is 26.2. The fraction of sp³-hybridized carbons (Fsp3) is 0.680. The fourth-order valence-electron chi connectivity index (χ4n) is 5.02. The van der Waals surface area contributed by atoms with Gasteiger partial charge in [0.1, 0.15) is 5.54 Å². The Hall–Kier alpha value is -2.84. The van der Waals surface area contributed by atoms with Crippen molar-refractivity contribution in [1.29, 1.82) is 5.26 Å². The number of halogens is 2.